The summed E-state index contributed by atoms with van der Waals surface area (Å²) in [5.41, 5.74) is 1.05. The molecule has 0 unspecified atom stereocenters. The van der Waals surface area contributed by atoms with E-state index in [0.29, 0.717) is 24.9 Å². The van der Waals surface area contributed by atoms with Gasteiger partial charge in [0.05, 0.1) is 12.2 Å². The van der Waals surface area contributed by atoms with Crippen LogP contribution in [0.1, 0.15) is 25.3 Å². The Morgan fingerprint density at radius 3 is 2.95 bits per heavy atom. The minimum Gasteiger partial charge on any atom is -0.373 e. The molecule has 1 amide bonds. The van der Waals surface area contributed by atoms with Crippen LogP contribution in [0.2, 0.25) is 5.02 Å². The Kier molecular flexibility index (Phi) is 3.99. The number of amides is 1. The molecule has 108 valence electrons. The lowest BCUT2D eigenvalue weighted by molar-refractivity contribution is -0.131. The molecule has 3 atom stereocenters. The maximum Gasteiger partial charge on any atom is 0.223 e. The van der Waals surface area contributed by atoms with E-state index in [1.165, 1.54) is 0 Å². The van der Waals surface area contributed by atoms with Crippen LogP contribution in [0.4, 0.5) is 0 Å². The molecule has 3 nitrogen and oxygen atoms in total. The van der Waals surface area contributed by atoms with Crippen molar-refractivity contribution < 1.29 is 9.53 Å². The average Bonchev–Trinajstić information content (AvgIpc) is 2.94. The number of carbonyl (C=O) groups is 1. The van der Waals surface area contributed by atoms with Crippen molar-refractivity contribution in [2.45, 2.75) is 38.4 Å². The molecule has 0 bridgehead atoms. The van der Waals surface area contributed by atoms with E-state index in [1.807, 2.05) is 29.2 Å². The normalized spacial score (nSPS) is 28.7. The van der Waals surface area contributed by atoms with Gasteiger partial charge in [-0.3, -0.25) is 4.79 Å². The second kappa shape index (κ2) is 5.74. The molecular weight excluding hydrogens is 274 g/mol. The van der Waals surface area contributed by atoms with Gasteiger partial charge in [-0.25, -0.2) is 0 Å². The number of hydrogen-bond acceptors (Lipinski definition) is 2. The highest BCUT2D eigenvalue weighted by Gasteiger charge is 2.41. The summed E-state index contributed by atoms with van der Waals surface area (Å²) in [5, 5.41) is 0.746. The van der Waals surface area contributed by atoms with Crippen LogP contribution in [0, 0.1) is 5.92 Å². The molecule has 1 aromatic carbocycles. The Morgan fingerprint density at radius 1 is 1.40 bits per heavy atom. The molecule has 0 saturated carbocycles. The van der Waals surface area contributed by atoms with Gasteiger partial charge in [0, 0.05) is 30.5 Å². The molecule has 2 fully saturated rings. The average molecular weight is 294 g/mol. The summed E-state index contributed by atoms with van der Waals surface area (Å²) in [5.74, 6) is 0.754. The van der Waals surface area contributed by atoms with Gasteiger partial charge < -0.3 is 9.64 Å². The smallest absolute Gasteiger partial charge is 0.223 e. The molecule has 3 rings (SSSR count). The van der Waals surface area contributed by atoms with Gasteiger partial charge in [0.15, 0.2) is 0 Å². The van der Waals surface area contributed by atoms with Crippen molar-refractivity contribution in [1.82, 2.24) is 4.90 Å². The van der Waals surface area contributed by atoms with Crippen LogP contribution in [0.25, 0.3) is 0 Å². The van der Waals surface area contributed by atoms with Gasteiger partial charge in [0.2, 0.25) is 5.91 Å². The molecule has 0 radical (unpaired) electrons. The third-order valence-electron chi connectivity index (χ3n) is 4.34. The van der Waals surface area contributed by atoms with Crippen molar-refractivity contribution in [3.63, 3.8) is 0 Å². The summed E-state index contributed by atoms with van der Waals surface area (Å²) >= 11 is 6.12. The third kappa shape index (κ3) is 2.84. The molecule has 2 aliphatic rings. The van der Waals surface area contributed by atoms with Gasteiger partial charge in [-0.05, 0) is 31.4 Å². The van der Waals surface area contributed by atoms with Crippen molar-refractivity contribution in [2.24, 2.45) is 5.92 Å². The lowest BCUT2D eigenvalue weighted by Gasteiger charge is -2.18. The van der Waals surface area contributed by atoms with Crippen molar-refractivity contribution in [1.29, 1.82) is 0 Å². The second-order valence-electron chi connectivity index (χ2n) is 5.87. The summed E-state index contributed by atoms with van der Waals surface area (Å²) in [6.45, 7) is 3.73. The van der Waals surface area contributed by atoms with Crippen LogP contribution in [0.3, 0.4) is 0 Å². The van der Waals surface area contributed by atoms with Gasteiger partial charge in [-0.2, -0.15) is 0 Å². The fraction of sp³-hybridized carbons (Fsp3) is 0.562. The lowest BCUT2D eigenvalue weighted by atomic mass is 10.0. The first-order valence-corrected chi connectivity index (χ1v) is 7.68. The summed E-state index contributed by atoms with van der Waals surface area (Å²) < 4.78 is 5.83. The highest BCUT2D eigenvalue weighted by atomic mass is 35.5. The first kappa shape index (κ1) is 13.9. The van der Waals surface area contributed by atoms with Crippen LogP contribution in [-0.2, 0) is 16.0 Å². The molecule has 4 heteroatoms. The van der Waals surface area contributed by atoms with Crippen LogP contribution < -0.4 is 0 Å². The van der Waals surface area contributed by atoms with Crippen LogP contribution in [0.15, 0.2) is 24.3 Å². The zero-order valence-corrected chi connectivity index (χ0v) is 12.5. The Hall–Kier alpha value is -1.06. The number of carbonyl (C=O) groups excluding carboxylic acids is 1. The maximum atomic E-state index is 12.3. The number of benzene rings is 1. The summed E-state index contributed by atoms with van der Waals surface area (Å²) in [7, 11) is 0. The van der Waals surface area contributed by atoms with E-state index in [4.69, 9.17) is 16.3 Å². The fourth-order valence-corrected chi connectivity index (χ4v) is 3.54. The molecule has 0 aliphatic carbocycles. The summed E-state index contributed by atoms with van der Waals surface area (Å²) in [6.07, 6.45) is 2.93. The van der Waals surface area contributed by atoms with E-state index in [2.05, 4.69) is 6.92 Å². The van der Waals surface area contributed by atoms with Gasteiger partial charge in [0.25, 0.3) is 0 Å². The molecule has 0 spiro atoms. The van der Waals surface area contributed by atoms with Crippen molar-refractivity contribution in [2.75, 3.05) is 13.1 Å². The zero-order chi connectivity index (χ0) is 14.1. The molecule has 1 aromatic rings. The molecule has 0 aromatic heterocycles. The third-order valence-corrected chi connectivity index (χ3v) is 4.71. The van der Waals surface area contributed by atoms with E-state index < -0.39 is 0 Å². The van der Waals surface area contributed by atoms with E-state index >= 15 is 0 Å². The Morgan fingerprint density at radius 2 is 2.20 bits per heavy atom. The van der Waals surface area contributed by atoms with Crippen molar-refractivity contribution >= 4 is 17.5 Å². The van der Waals surface area contributed by atoms with Crippen LogP contribution in [-0.4, -0.2) is 36.1 Å². The van der Waals surface area contributed by atoms with Gasteiger partial charge >= 0.3 is 0 Å². The predicted molar refractivity (Wildman–Crippen MR) is 78.8 cm³/mol. The minimum absolute atomic E-state index is 0.218. The van der Waals surface area contributed by atoms with Crippen LogP contribution >= 0.6 is 11.6 Å². The number of halogens is 1. The number of ether oxygens (including phenoxy) is 1. The van der Waals surface area contributed by atoms with E-state index in [1.54, 1.807) is 0 Å². The largest absolute Gasteiger partial charge is 0.373 e. The second-order valence-corrected chi connectivity index (χ2v) is 6.28. The first-order valence-electron chi connectivity index (χ1n) is 7.30. The SMILES string of the molecule is C[C@@H]1C[C@H]2CN(C(=O)CCc3ccccc3Cl)C[C@H]2O1. The molecular formula is C16H20ClNO2. The number of hydrogen-bond donors (Lipinski definition) is 0. The van der Waals surface area contributed by atoms with Crippen molar-refractivity contribution in [3.05, 3.63) is 34.9 Å². The Balaban J connectivity index is 1.52. The standard InChI is InChI=1S/C16H20ClNO2/c1-11-8-13-9-18(10-15(13)20-11)16(19)7-6-12-4-2-3-5-14(12)17/h2-5,11,13,15H,6-10H2,1H3/t11-,13+,15-/m1/s1. The molecule has 2 heterocycles. The molecule has 2 saturated heterocycles. The topological polar surface area (TPSA) is 29.5 Å². The highest BCUT2D eigenvalue weighted by Crippen LogP contribution is 2.33. The number of likely N-dealkylation sites (tertiary alicyclic amines) is 1. The van der Waals surface area contributed by atoms with Gasteiger partial charge in [-0.1, -0.05) is 29.8 Å². The maximum absolute atomic E-state index is 12.3. The molecule has 0 N–H and O–H groups in total. The van der Waals surface area contributed by atoms with Gasteiger partial charge in [-0.15, -0.1) is 0 Å². The monoisotopic (exact) mass is 293 g/mol. The summed E-state index contributed by atoms with van der Waals surface area (Å²) in [4.78, 5) is 14.2. The van der Waals surface area contributed by atoms with Crippen molar-refractivity contribution in [3.8, 4) is 0 Å². The predicted octanol–water partition coefficient (Wildman–Crippen LogP) is 2.91. The minimum atomic E-state index is 0.218. The van der Waals surface area contributed by atoms with E-state index in [9.17, 15) is 4.79 Å². The fourth-order valence-electron chi connectivity index (χ4n) is 3.31. The highest BCUT2D eigenvalue weighted by molar-refractivity contribution is 6.31. The number of aryl methyl sites for hydroxylation is 1. The number of fused-ring (bicyclic) bond motifs is 1. The Labute approximate surface area is 124 Å². The van der Waals surface area contributed by atoms with E-state index in [-0.39, 0.29) is 12.0 Å². The lowest BCUT2D eigenvalue weighted by Crippen LogP contribution is -2.31. The quantitative estimate of drug-likeness (QED) is 0.857. The number of rotatable bonds is 3. The Bertz CT molecular complexity index is 491. The molecule has 20 heavy (non-hydrogen) atoms. The van der Waals surface area contributed by atoms with Crippen LogP contribution in [0.5, 0.6) is 0 Å². The summed E-state index contributed by atoms with van der Waals surface area (Å²) in [6, 6.07) is 7.73. The molecule has 2 aliphatic heterocycles. The zero-order valence-electron chi connectivity index (χ0n) is 11.7. The number of nitrogens with zero attached hydrogens (tertiary/aromatic N) is 1. The van der Waals surface area contributed by atoms with E-state index in [0.717, 1.165) is 30.1 Å². The first-order chi connectivity index (χ1) is 9.63. The van der Waals surface area contributed by atoms with Gasteiger partial charge in [0.1, 0.15) is 0 Å².